The molecule has 4 heterocycles. The van der Waals surface area contributed by atoms with Crippen molar-refractivity contribution in [2.24, 2.45) is 5.92 Å². The molecule has 1 atom stereocenters. The number of amides is 1. The number of rotatable bonds is 5. The van der Waals surface area contributed by atoms with E-state index in [-0.39, 0.29) is 11.9 Å². The number of ether oxygens (including phenoxy) is 1. The van der Waals surface area contributed by atoms with E-state index in [0.717, 1.165) is 43.9 Å². The second kappa shape index (κ2) is 7.29. The number of nitrogens with one attached hydrogen (secondary N) is 1. The Labute approximate surface area is 152 Å². The number of aryl methyl sites for hydroxylation is 1. The van der Waals surface area contributed by atoms with E-state index >= 15 is 0 Å². The second-order valence-corrected chi connectivity index (χ2v) is 6.62. The molecule has 3 aromatic rings. The van der Waals surface area contributed by atoms with Gasteiger partial charge in [0.15, 0.2) is 0 Å². The number of hydrogen-bond acceptors (Lipinski definition) is 4. The van der Waals surface area contributed by atoms with Gasteiger partial charge in [-0.3, -0.25) is 4.79 Å². The lowest BCUT2D eigenvalue weighted by Crippen LogP contribution is -2.37. The summed E-state index contributed by atoms with van der Waals surface area (Å²) in [5.74, 6) is 1.14. The first-order chi connectivity index (χ1) is 12.8. The van der Waals surface area contributed by atoms with Gasteiger partial charge in [0, 0.05) is 38.3 Å². The van der Waals surface area contributed by atoms with Crippen LogP contribution in [0.25, 0.3) is 5.52 Å². The Kier molecular flexibility index (Phi) is 4.71. The predicted octanol–water partition coefficient (Wildman–Crippen LogP) is 2.45. The van der Waals surface area contributed by atoms with Crippen LogP contribution in [0.5, 0.6) is 0 Å². The van der Waals surface area contributed by atoms with Crippen LogP contribution in [-0.4, -0.2) is 38.1 Å². The minimum Gasteiger partial charge on any atom is -0.381 e. The number of pyridine rings is 1. The van der Waals surface area contributed by atoms with Crippen molar-refractivity contribution in [3.8, 4) is 0 Å². The Hall–Kier alpha value is -2.67. The molecule has 7 heteroatoms. The van der Waals surface area contributed by atoms with E-state index in [1.54, 1.807) is 18.7 Å². The van der Waals surface area contributed by atoms with Gasteiger partial charge in [0.05, 0.1) is 29.6 Å². The van der Waals surface area contributed by atoms with E-state index in [1.165, 1.54) is 0 Å². The number of carbonyl (C=O) groups is 1. The summed E-state index contributed by atoms with van der Waals surface area (Å²) in [5.41, 5.74) is 1.58. The summed E-state index contributed by atoms with van der Waals surface area (Å²) in [7, 11) is 0. The smallest absolute Gasteiger partial charge is 0.253 e. The van der Waals surface area contributed by atoms with Gasteiger partial charge in [0.1, 0.15) is 5.82 Å². The molecule has 1 fully saturated rings. The quantitative estimate of drug-likeness (QED) is 0.765. The molecule has 3 aromatic heterocycles. The first kappa shape index (κ1) is 16.8. The van der Waals surface area contributed by atoms with Gasteiger partial charge in [-0.2, -0.15) is 0 Å². The number of aromatic nitrogens is 4. The van der Waals surface area contributed by atoms with E-state index in [1.807, 2.05) is 28.9 Å². The average Bonchev–Trinajstić information content (AvgIpc) is 3.34. The van der Waals surface area contributed by atoms with Gasteiger partial charge >= 0.3 is 0 Å². The van der Waals surface area contributed by atoms with Crippen molar-refractivity contribution in [2.45, 2.75) is 32.4 Å². The molecule has 0 aromatic carbocycles. The highest BCUT2D eigenvalue weighted by Crippen LogP contribution is 2.29. The highest BCUT2D eigenvalue weighted by molar-refractivity contribution is 5.94. The Balaban J connectivity index is 1.61. The largest absolute Gasteiger partial charge is 0.381 e. The van der Waals surface area contributed by atoms with Crippen molar-refractivity contribution in [3.05, 3.63) is 54.6 Å². The lowest BCUT2D eigenvalue weighted by Gasteiger charge is -2.31. The molecular formula is C19H23N5O2. The van der Waals surface area contributed by atoms with Crippen molar-refractivity contribution in [2.75, 3.05) is 13.2 Å². The van der Waals surface area contributed by atoms with E-state index in [0.29, 0.717) is 11.5 Å². The summed E-state index contributed by atoms with van der Waals surface area (Å²) < 4.78 is 9.45. The average molecular weight is 353 g/mol. The van der Waals surface area contributed by atoms with Crippen molar-refractivity contribution in [1.82, 2.24) is 24.3 Å². The van der Waals surface area contributed by atoms with Crippen LogP contribution in [0.4, 0.5) is 0 Å². The summed E-state index contributed by atoms with van der Waals surface area (Å²) in [6.07, 6.45) is 10.9. The van der Waals surface area contributed by atoms with E-state index < -0.39 is 0 Å². The lowest BCUT2D eigenvalue weighted by atomic mass is 9.90. The van der Waals surface area contributed by atoms with Crippen LogP contribution in [0, 0.1) is 5.92 Å². The van der Waals surface area contributed by atoms with Crippen LogP contribution < -0.4 is 5.32 Å². The number of fused-ring (bicyclic) bond motifs is 1. The molecule has 0 radical (unpaired) electrons. The summed E-state index contributed by atoms with van der Waals surface area (Å²) in [6, 6.07) is 3.61. The fraction of sp³-hybridized carbons (Fsp3) is 0.421. The third-order valence-corrected chi connectivity index (χ3v) is 5.06. The molecule has 1 aliphatic rings. The van der Waals surface area contributed by atoms with Crippen molar-refractivity contribution in [3.63, 3.8) is 0 Å². The SMILES string of the molecule is CCn1ccnc1[C@@H](NC(=O)c1ccc2cncn2c1)C1CCOCC1. The molecule has 1 amide bonds. The normalized spacial score (nSPS) is 16.7. The maximum Gasteiger partial charge on any atom is 0.253 e. The minimum atomic E-state index is -0.125. The number of nitrogens with zero attached hydrogens (tertiary/aromatic N) is 4. The molecule has 0 saturated carbocycles. The molecule has 1 N–H and O–H groups in total. The third kappa shape index (κ3) is 3.22. The van der Waals surface area contributed by atoms with Crippen molar-refractivity contribution < 1.29 is 9.53 Å². The lowest BCUT2D eigenvalue weighted by molar-refractivity contribution is 0.0498. The molecule has 4 rings (SSSR count). The highest BCUT2D eigenvalue weighted by atomic mass is 16.5. The van der Waals surface area contributed by atoms with Crippen molar-refractivity contribution in [1.29, 1.82) is 0 Å². The highest BCUT2D eigenvalue weighted by Gasteiger charge is 2.30. The van der Waals surface area contributed by atoms with Gasteiger partial charge < -0.3 is 19.0 Å². The Morgan fingerprint density at radius 3 is 3.04 bits per heavy atom. The minimum absolute atomic E-state index is 0.0947. The van der Waals surface area contributed by atoms with E-state index in [9.17, 15) is 4.79 Å². The van der Waals surface area contributed by atoms with Crippen LogP contribution in [0.15, 0.2) is 43.2 Å². The van der Waals surface area contributed by atoms with Crippen LogP contribution in [-0.2, 0) is 11.3 Å². The molecule has 0 aliphatic carbocycles. The number of hydrogen-bond donors (Lipinski definition) is 1. The van der Waals surface area contributed by atoms with Crippen LogP contribution in [0.1, 0.15) is 42.0 Å². The topological polar surface area (TPSA) is 73.5 Å². The zero-order valence-corrected chi connectivity index (χ0v) is 14.8. The van der Waals surface area contributed by atoms with Gasteiger partial charge in [-0.05, 0) is 37.8 Å². The van der Waals surface area contributed by atoms with Crippen LogP contribution in [0.2, 0.25) is 0 Å². The second-order valence-electron chi connectivity index (χ2n) is 6.62. The summed E-state index contributed by atoms with van der Waals surface area (Å²) in [4.78, 5) is 21.6. The molecule has 26 heavy (non-hydrogen) atoms. The molecule has 7 nitrogen and oxygen atoms in total. The molecule has 1 aliphatic heterocycles. The zero-order chi connectivity index (χ0) is 17.9. The molecule has 0 spiro atoms. The van der Waals surface area contributed by atoms with Gasteiger partial charge in [-0.15, -0.1) is 0 Å². The van der Waals surface area contributed by atoms with Gasteiger partial charge in [0.2, 0.25) is 0 Å². The van der Waals surface area contributed by atoms with E-state index in [2.05, 4.69) is 26.8 Å². The third-order valence-electron chi connectivity index (χ3n) is 5.06. The summed E-state index contributed by atoms with van der Waals surface area (Å²) >= 11 is 0. The zero-order valence-electron chi connectivity index (χ0n) is 14.8. The van der Waals surface area contributed by atoms with Gasteiger partial charge in [-0.1, -0.05) is 0 Å². The molecule has 0 unspecified atom stereocenters. The first-order valence-electron chi connectivity index (χ1n) is 9.07. The maximum atomic E-state index is 12.9. The Bertz CT molecular complexity index is 894. The molecule has 1 saturated heterocycles. The molecule has 0 bridgehead atoms. The fourth-order valence-electron chi connectivity index (χ4n) is 3.59. The Morgan fingerprint density at radius 2 is 2.23 bits per heavy atom. The predicted molar refractivity (Wildman–Crippen MR) is 96.8 cm³/mol. The molecule has 136 valence electrons. The van der Waals surface area contributed by atoms with Gasteiger partial charge in [-0.25, -0.2) is 9.97 Å². The monoisotopic (exact) mass is 353 g/mol. The Morgan fingerprint density at radius 1 is 1.38 bits per heavy atom. The van der Waals surface area contributed by atoms with Gasteiger partial charge in [0.25, 0.3) is 5.91 Å². The van der Waals surface area contributed by atoms with Crippen LogP contribution in [0.3, 0.4) is 0 Å². The summed E-state index contributed by atoms with van der Waals surface area (Å²) in [6.45, 7) is 4.36. The molecular weight excluding hydrogens is 330 g/mol. The maximum absolute atomic E-state index is 12.9. The fourth-order valence-corrected chi connectivity index (χ4v) is 3.59. The number of imidazole rings is 2. The number of carbonyl (C=O) groups excluding carboxylic acids is 1. The standard InChI is InChI=1S/C19H23N5O2/c1-2-23-8-7-21-18(23)17(14-5-9-26-10-6-14)22-19(25)15-3-4-16-11-20-13-24(16)12-15/h3-4,7-8,11-14,17H,2,5-6,9-10H2,1H3,(H,22,25)/t17-/m0/s1. The van der Waals surface area contributed by atoms with Crippen molar-refractivity contribution >= 4 is 11.4 Å². The summed E-state index contributed by atoms with van der Waals surface area (Å²) in [5, 5.41) is 3.23. The van der Waals surface area contributed by atoms with Crippen LogP contribution >= 0.6 is 0 Å². The first-order valence-corrected chi connectivity index (χ1v) is 9.07. The van der Waals surface area contributed by atoms with E-state index in [4.69, 9.17) is 4.74 Å².